The summed E-state index contributed by atoms with van der Waals surface area (Å²) in [6.45, 7) is 9.44. The number of allylic oxidation sites excluding steroid dienone is 2. The number of carbonyl (C=O) groups is 1. The van der Waals surface area contributed by atoms with Crippen molar-refractivity contribution in [1.29, 1.82) is 0 Å². The van der Waals surface area contributed by atoms with Crippen molar-refractivity contribution in [2.45, 2.75) is 78.7 Å². The van der Waals surface area contributed by atoms with Crippen LogP contribution in [0.4, 0.5) is 0 Å². The molecule has 26 heavy (non-hydrogen) atoms. The van der Waals surface area contributed by atoms with Gasteiger partial charge in [0.05, 0.1) is 6.10 Å². The second-order valence-corrected chi connectivity index (χ2v) is 10.2. The van der Waals surface area contributed by atoms with Crippen LogP contribution < -0.4 is 0 Å². The Morgan fingerprint density at radius 3 is 2.69 bits per heavy atom. The number of fused-ring (bicyclic) bond motifs is 5. The molecule has 0 aromatic carbocycles. The fourth-order valence-corrected chi connectivity index (χ4v) is 7.95. The monoisotopic (exact) mass is 356 g/mol. The van der Waals surface area contributed by atoms with Gasteiger partial charge in [0.1, 0.15) is 0 Å². The minimum Gasteiger partial charge on any atom is -0.389 e. The van der Waals surface area contributed by atoms with Crippen LogP contribution in [0.25, 0.3) is 0 Å². The highest BCUT2D eigenvalue weighted by atomic mass is 16.3. The van der Waals surface area contributed by atoms with Crippen molar-refractivity contribution in [1.82, 2.24) is 0 Å². The van der Waals surface area contributed by atoms with Crippen LogP contribution in [0.5, 0.6) is 0 Å². The van der Waals surface area contributed by atoms with Gasteiger partial charge in [-0.05, 0) is 97.5 Å². The van der Waals surface area contributed by atoms with Gasteiger partial charge in [-0.15, -0.1) is 0 Å². The van der Waals surface area contributed by atoms with Gasteiger partial charge < -0.3 is 5.11 Å². The second-order valence-electron chi connectivity index (χ2n) is 10.2. The summed E-state index contributed by atoms with van der Waals surface area (Å²) in [6, 6.07) is 0. The van der Waals surface area contributed by atoms with Crippen LogP contribution in [0.1, 0.15) is 72.6 Å². The highest BCUT2D eigenvalue weighted by Gasteiger charge is 2.60. The normalized spacial score (nSPS) is 49.3. The summed E-state index contributed by atoms with van der Waals surface area (Å²) in [6.07, 6.45) is 13.8. The molecule has 5 unspecified atom stereocenters. The Balaban J connectivity index is 1.66. The van der Waals surface area contributed by atoms with E-state index in [1.165, 1.54) is 25.7 Å². The van der Waals surface area contributed by atoms with E-state index in [4.69, 9.17) is 0 Å². The molecule has 0 bridgehead atoms. The first-order chi connectivity index (χ1) is 12.3. The molecule has 0 spiro atoms. The molecule has 0 amide bonds. The molecule has 0 aliphatic heterocycles. The van der Waals surface area contributed by atoms with Crippen LogP contribution in [0.15, 0.2) is 23.8 Å². The zero-order chi connectivity index (χ0) is 18.7. The van der Waals surface area contributed by atoms with E-state index in [0.29, 0.717) is 29.6 Å². The van der Waals surface area contributed by atoms with Crippen LogP contribution in [0.2, 0.25) is 0 Å². The van der Waals surface area contributed by atoms with E-state index < -0.39 is 6.10 Å². The smallest absolute Gasteiger partial charge is 0.155 e. The van der Waals surface area contributed by atoms with Crippen LogP contribution in [-0.4, -0.2) is 17.0 Å². The molecule has 0 aromatic heterocycles. The predicted molar refractivity (Wildman–Crippen MR) is 106 cm³/mol. The summed E-state index contributed by atoms with van der Waals surface area (Å²) >= 11 is 0. The van der Waals surface area contributed by atoms with E-state index in [1.807, 2.05) is 6.08 Å². The third kappa shape index (κ3) is 2.51. The summed E-state index contributed by atoms with van der Waals surface area (Å²) in [7, 11) is 0. The van der Waals surface area contributed by atoms with E-state index in [1.54, 1.807) is 0 Å². The lowest BCUT2D eigenvalue weighted by molar-refractivity contribution is -0.119. The molecule has 4 aliphatic rings. The van der Waals surface area contributed by atoms with Crippen molar-refractivity contribution >= 4 is 5.78 Å². The van der Waals surface area contributed by atoms with Crippen LogP contribution in [-0.2, 0) is 4.79 Å². The number of aliphatic hydroxyl groups is 1. The Kier molecular flexibility index (Phi) is 4.50. The summed E-state index contributed by atoms with van der Waals surface area (Å²) in [5.74, 6) is 3.67. The zero-order valence-electron chi connectivity index (χ0n) is 17.0. The topological polar surface area (TPSA) is 37.3 Å². The van der Waals surface area contributed by atoms with Gasteiger partial charge in [0.15, 0.2) is 5.78 Å². The minimum absolute atomic E-state index is 0.0462. The van der Waals surface area contributed by atoms with Crippen molar-refractivity contribution in [3.05, 3.63) is 23.8 Å². The van der Waals surface area contributed by atoms with Gasteiger partial charge in [0.25, 0.3) is 0 Å². The third-order valence-corrected chi connectivity index (χ3v) is 9.18. The summed E-state index contributed by atoms with van der Waals surface area (Å²) in [5, 5.41) is 11.0. The van der Waals surface area contributed by atoms with Gasteiger partial charge in [-0.2, -0.15) is 0 Å². The van der Waals surface area contributed by atoms with Crippen molar-refractivity contribution < 1.29 is 9.90 Å². The molecular weight excluding hydrogens is 320 g/mol. The Labute approximate surface area is 159 Å². The van der Waals surface area contributed by atoms with Gasteiger partial charge in [-0.3, -0.25) is 4.79 Å². The molecule has 4 aliphatic carbocycles. The van der Waals surface area contributed by atoms with Crippen molar-refractivity contribution in [2.75, 3.05) is 0 Å². The molecular formula is C24H36O2. The Morgan fingerprint density at radius 1 is 1.19 bits per heavy atom. The van der Waals surface area contributed by atoms with E-state index in [2.05, 4.69) is 39.8 Å². The maximum absolute atomic E-state index is 12.0. The lowest BCUT2D eigenvalue weighted by Gasteiger charge is -2.59. The van der Waals surface area contributed by atoms with Crippen molar-refractivity contribution in [3.63, 3.8) is 0 Å². The molecule has 0 radical (unpaired) electrons. The van der Waals surface area contributed by atoms with Crippen molar-refractivity contribution in [2.24, 2.45) is 40.4 Å². The Morgan fingerprint density at radius 2 is 1.96 bits per heavy atom. The second kappa shape index (κ2) is 6.33. The summed E-state index contributed by atoms with van der Waals surface area (Å²) < 4.78 is 0. The average molecular weight is 357 g/mol. The first-order valence-corrected chi connectivity index (χ1v) is 10.9. The van der Waals surface area contributed by atoms with Crippen LogP contribution >= 0.6 is 0 Å². The van der Waals surface area contributed by atoms with Gasteiger partial charge in [0, 0.05) is 6.42 Å². The number of carbonyl (C=O) groups excluding carboxylic acids is 1. The predicted octanol–water partition coefficient (Wildman–Crippen LogP) is 5.32. The third-order valence-electron chi connectivity index (χ3n) is 9.18. The molecule has 4 rings (SSSR count). The van der Waals surface area contributed by atoms with E-state index in [0.717, 1.165) is 30.3 Å². The quantitative estimate of drug-likeness (QED) is 0.680. The number of aliphatic hydroxyl groups excluding tert-OH is 1. The molecule has 1 N–H and O–H groups in total. The maximum Gasteiger partial charge on any atom is 0.155 e. The number of ketones is 1. The fraction of sp³-hybridized carbons (Fsp3) is 0.792. The molecule has 2 nitrogen and oxygen atoms in total. The lowest BCUT2D eigenvalue weighted by atomic mass is 9.46. The van der Waals surface area contributed by atoms with Crippen LogP contribution in [0.3, 0.4) is 0 Å². The van der Waals surface area contributed by atoms with E-state index in [-0.39, 0.29) is 11.2 Å². The summed E-state index contributed by atoms with van der Waals surface area (Å²) in [4.78, 5) is 12.0. The highest BCUT2D eigenvalue weighted by Crippen LogP contribution is 2.67. The van der Waals surface area contributed by atoms with Gasteiger partial charge >= 0.3 is 0 Å². The molecule has 2 heteroatoms. The standard InChI is InChI=1S/C24H36O2/c1-5-6-15(2)18-7-8-19-17-14-22(26)21-13-16(25)9-11-24(21,4)20(17)10-12-23(18,19)3/h5-6,13,15,17-20,22,26H,7-12,14H2,1-4H3/b6-5+/t15-,17?,18?,19?,20?,22?,23+,24+/m0/s1. The Bertz CT molecular complexity index is 647. The van der Waals surface area contributed by atoms with E-state index >= 15 is 0 Å². The molecule has 0 saturated heterocycles. The highest BCUT2D eigenvalue weighted by molar-refractivity contribution is 5.91. The number of hydrogen-bond acceptors (Lipinski definition) is 2. The fourth-order valence-electron chi connectivity index (χ4n) is 7.95. The SMILES string of the molecule is C/C=C/[C@H](C)C1CCC2C3CC(O)C4=CC(=O)CC[C@]4(C)C3CC[C@@]21C. The molecule has 3 fully saturated rings. The van der Waals surface area contributed by atoms with Gasteiger partial charge in [0.2, 0.25) is 0 Å². The molecule has 3 saturated carbocycles. The first-order valence-electron chi connectivity index (χ1n) is 10.9. The largest absolute Gasteiger partial charge is 0.389 e. The molecule has 0 heterocycles. The Hall–Kier alpha value is -0.890. The number of hydrogen-bond donors (Lipinski definition) is 1. The van der Waals surface area contributed by atoms with Crippen molar-refractivity contribution in [3.8, 4) is 0 Å². The maximum atomic E-state index is 12.0. The average Bonchev–Trinajstić information content (AvgIpc) is 2.94. The minimum atomic E-state index is -0.403. The zero-order valence-corrected chi connectivity index (χ0v) is 17.0. The lowest BCUT2D eigenvalue weighted by Crippen LogP contribution is -2.54. The van der Waals surface area contributed by atoms with Crippen LogP contribution in [0, 0.1) is 40.4 Å². The van der Waals surface area contributed by atoms with Gasteiger partial charge in [-0.25, -0.2) is 0 Å². The molecule has 144 valence electrons. The number of rotatable bonds is 2. The van der Waals surface area contributed by atoms with Gasteiger partial charge in [-0.1, -0.05) is 32.9 Å². The molecule has 8 atom stereocenters. The van der Waals surface area contributed by atoms with E-state index in [9.17, 15) is 9.90 Å². The molecule has 0 aromatic rings. The summed E-state index contributed by atoms with van der Waals surface area (Å²) in [5.41, 5.74) is 1.53. The first kappa shape index (κ1) is 18.5.